The summed E-state index contributed by atoms with van der Waals surface area (Å²) in [6, 6.07) is -0.781. The summed E-state index contributed by atoms with van der Waals surface area (Å²) in [5.41, 5.74) is 4.92. The number of carbonyl (C=O) groups is 2. The molecule has 0 rings (SSSR count). The van der Waals surface area contributed by atoms with Gasteiger partial charge in [-0.15, -0.1) is 0 Å². The standard InChI is InChI=1S/C5H11N3O3S/c6-5(10)3(2-12)8-4(9)1-11-7/h3,12H,1-2,7H2,(H2,6,10)(H,8,9). The number of hydrogen-bond donors (Lipinski definition) is 4. The van der Waals surface area contributed by atoms with Crippen LogP contribution in [0, 0.1) is 0 Å². The fourth-order valence-electron chi connectivity index (χ4n) is 0.518. The van der Waals surface area contributed by atoms with Crippen molar-refractivity contribution >= 4 is 24.4 Å². The van der Waals surface area contributed by atoms with E-state index in [-0.39, 0.29) is 12.4 Å². The summed E-state index contributed by atoms with van der Waals surface area (Å²) >= 11 is 3.81. The molecular weight excluding hydrogens is 182 g/mol. The molecule has 70 valence electrons. The van der Waals surface area contributed by atoms with Gasteiger partial charge in [-0.2, -0.15) is 12.6 Å². The summed E-state index contributed by atoms with van der Waals surface area (Å²) in [5.74, 6) is 3.62. The molecule has 0 heterocycles. The first-order valence-corrected chi connectivity index (χ1v) is 3.76. The molecule has 6 nitrogen and oxygen atoms in total. The minimum Gasteiger partial charge on any atom is -0.368 e. The molecule has 0 aliphatic heterocycles. The summed E-state index contributed by atoms with van der Waals surface area (Å²) < 4.78 is 0. The van der Waals surface area contributed by atoms with Gasteiger partial charge in [0, 0.05) is 5.75 Å². The molecule has 0 aromatic carbocycles. The van der Waals surface area contributed by atoms with Crippen molar-refractivity contribution in [3.8, 4) is 0 Å². The lowest BCUT2D eigenvalue weighted by molar-refractivity contribution is -0.130. The lowest BCUT2D eigenvalue weighted by Crippen LogP contribution is -2.47. The normalized spacial score (nSPS) is 12.2. The fourth-order valence-corrected chi connectivity index (χ4v) is 0.790. The van der Waals surface area contributed by atoms with Crippen LogP contribution in [0.2, 0.25) is 0 Å². The van der Waals surface area contributed by atoms with Gasteiger partial charge in [0.25, 0.3) is 0 Å². The quantitative estimate of drug-likeness (QED) is 0.293. The molecule has 1 unspecified atom stereocenters. The zero-order chi connectivity index (χ0) is 9.56. The molecule has 0 aromatic heterocycles. The van der Waals surface area contributed by atoms with Crippen molar-refractivity contribution in [1.29, 1.82) is 0 Å². The minimum absolute atomic E-state index is 0.144. The Balaban J connectivity index is 3.85. The maximum Gasteiger partial charge on any atom is 0.248 e. The van der Waals surface area contributed by atoms with Crippen molar-refractivity contribution in [3.05, 3.63) is 0 Å². The van der Waals surface area contributed by atoms with Crippen LogP contribution in [-0.2, 0) is 14.4 Å². The van der Waals surface area contributed by atoms with Crippen LogP contribution >= 0.6 is 12.6 Å². The van der Waals surface area contributed by atoms with Crippen LogP contribution in [0.5, 0.6) is 0 Å². The van der Waals surface area contributed by atoms with E-state index in [1.807, 2.05) is 0 Å². The highest BCUT2D eigenvalue weighted by Gasteiger charge is 2.15. The number of carbonyl (C=O) groups excluding carboxylic acids is 2. The molecule has 0 aromatic rings. The molecule has 0 radical (unpaired) electrons. The Morgan fingerprint density at radius 2 is 2.17 bits per heavy atom. The highest BCUT2D eigenvalue weighted by Crippen LogP contribution is 1.86. The Morgan fingerprint density at radius 3 is 2.50 bits per heavy atom. The number of thiol groups is 1. The van der Waals surface area contributed by atoms with Gasteiger partial charge in [0.2, 0.25) is 11.8 Å². The van der Waals surface area contributed by atoms with E-state index in [1.54, 1.807) is 0 Å². The maximum absolute atomic E-state index is 10.8. The number of nitrogens with two attached hydrogens (primary N) is 2. The lowest BCUT2D eigenvalue weighted by atomic mass is 10.3. The van der Waals surface area contributed by atoms with E-state index in [0.29, 0.717) is 0 Å². The van der Waals surface area contributed by atoms with Crippen LogP contribution in [-0.4, -0.2) is 30.2 Å². The third-order valence-corrected chi connectivity index (χ3v) is 1.44. The van der Waals surface area contributed by atoms with Crippen molar-refractivity contribution < 1.29 is 14.4 Å². The van der Waals surface area contributed by atoms with Gasteiger partial charge < -0.3 is 11.1 Å². The van der Waals surface area contributed by atoms with Gasteiger partial charge in [-0.3, -0.25) is 14.4 Å². The summed E-state index contributed by atoms with van der Waals surface area (Å²) in [5, 5.41) is 2.27. The number of primary amides is 1. The summed E-state index contributed by atoms with van der Waals surface area (Å²) in [6.07, 6.45) is 0. The van der Waals surface area contributed by atoms with Crippen LogP contribution in [0.3, 0.4) is 0 Å². The SMILES string of the molecule is NOCC(=O)NC(CS)C(N)=O. The van der Waals surface area contributed by atoms with Gasteiger partial charge >= 0.3 is 0 Å². The molecule has 0 aliphatic carbocycles. The molecule has 7 heteroatoms. The molecule has 0 bridgehead atoms. The minimum atomic E-state index is -0.781. The second kappa shape index (κ2) is 5.81. The third kappa shape index (κ3) is 4.16. The van der Waals surface area contributed by atoms with Gasteiger partial charge in [-0.1, -0.05) is 0 Å². The van der Waals surface area contributed by atoms with E-state index >= 15 is 0 Å². The van der Waals surface area contributed by atoms with E-state index in [1.165, 1.54) is 0 Å². The predicted octanol–water partition coefficient (Wildman–Crippen LogP) is -2.22. The van der Waals surface area contributed by atoms with Gasteiger partial charge in [-0.05, 0) is 0 Å². The number of rotatable bonds is 5. The first-order chi connectivity index (χ1) is 5.61. The Bertz CT molecular complexity index is 175. The number of nitrogens with one attached hydrogen (secondary N) is 1. The molecule has 0 aliphatic rings. The lowest BCUT2D eigenvalue weighted by Gasteiger charge is -2.11. The van der Waals surface area contributed by atoms with Gasteiger partial charge in [0.1, 0.15) is 12.6 Å². The molecule has 0 fully saturated rings. The van der Waals surface area contributed by atoms with Crippen LogP contribution in [0.1, 0.15) is 0 Å². The van der Waals surface area contributed by atoms with Crippen molar-refractivity contribution in [2.24, 2.45) is 11.6 Å². The van der Waals surface area contributed by atoms with Gasteiger partial charge in [0.05, 0.1) is 0 Å². The van der Waals surface area contributed by atoms with E-state index in [2.05, 4.69) is 28.7 Å². The topological polar surface area (TPSA) is 107 Å². The Hall–Kier alpha value is -0.790. The van der Waals surface area contributed by atoms with Gasteiger partial charge in [0.15, 0.2) is 0 Å². The van der Waals surface area contributed by atoms with Crippen molar-refractivity contribution in [2.75, 3.05) is 12.4 Å². The second-order valence-electron chi connectivity index (χ2n) is 2.02. The number of amides is 2. The first-order valence-electron chi connectivity index (χ1n) is 3.13. The van der Waals surface area contributed by atoms with Crippen LogP contribution in [0.15, 0.2) is 0 Å². The molecule has 2 amide bonds. The zero-order valence-electron chi connectivity index (χ0n) is 6.32. The average Bonchev–Trinajstić information content (AvgIpc) is 2.00. The summed E-state index contributed by atoms with van der Waals surface area (Å²) in [7, 11) is 0. The molecule has 12 heavy (non-hydrogen) atoms. The predicted molar refractivity (Wildman–Crippen MR) is 45.1 cm³/mol. The average molecular weight is 193 g/mol. The molecule has 5 N–H and O–H groups in total. The second-order valence-corrected chi connectivity index (χ2v) is 2.38. The molecule has 1 atom stereocenters. The smallest absolute Gasteiger partial charge is 0.248 e. The molecule has 0 saturated heterocycles. The molecule has 0 saturated carbocycles. The van der Waals surface area contributed by atoms with E-state index < -0.39 is 17.9 Å². The number of hydrogen-bond acceptors (Lipinski definition) is 5. The van der Waals surface area contributed by atoms with Crippen molar-refractivity contribution in [2.45, 2.75) is 6.04 Å². The van der Waals surface area contributed by atoms with Crippen molar-refractivity contribution in [1.82, 2.24) is 5.32 Å². The van der Waals surface area contributed by atoms with E-state index in [4.69, 9.17) is 5.73 Å². The fraction of sp³-hybridized carbons (Fsp3) is 0.600. The van der Waals surface area contributed by atoms with Crippen molar-refractivity contribution in [3.63, 3.8) is 0 Å². The maximum atomic E-state index is 10.8. The molecular formula is C5H11N3O3S. The van der Waals surface area contributed by atoms with E-state index in [9.17, 15) is 9.59 Å². The summed E-state index contributed by atoms with van der Waals surface area (Å²) in [6.45, 7) is -0.308. The van der Waals surface area contributed by atoms with Crippen LogP contribution < -0.4 is 16.9 Å². The first kappa shape index (κ1) is 11.2. The highest BCUT2D eigenvalue weighted by atomic mass is 32.1. The Labute approximate surface area is 75.0 Å². The van der Waals surface area contributed by atoms with Crippen LogP contribution in [0.4, 0.5) is 0 Å². The Kier molecular flexibility index (Phi) is 5.43. The molecule has 0 spiro atoms. The zero-order valence-corrected chi connectivity index (χ0v) is 7.21. The van der Waals surface area contributed by atoms with Crippen LogP contribution in [0.25, 0.3) is 0 Å². The Morgan fingerprint density at radius 1 is 1.58 bits per heavy atom. The third-order valence-electron chi connectivity index (χ3n) is 1.08. The monoisotopic (exact) mass is 193 g/mol. The largest absolute Gasteiger partial charge is 0.368 e. The van der Waals surface area contributed by atoms with Gasteiger partial charge in [-0.25, -0.2) is 5.90 Å². The summed E-state index contributed by atoms with van der Waals surface area (Å²) in [4.78, 5) is 25.4. The highest BCUT2D eigenvalue weighted by molar-refractivity contribution is 7.80. The van der Waals surface area contributed by atoms with E-state index in [0.717, 1.165) is 0 Å².